The van der Waals surface area contributed by atoms with Crippen LogP contribution in [0.4, 0.5) is 3.89 Å². The Morgan fingerprint density at radius 2 is 2.18 bits per heavy atom. The van der Waals surface area contributed by atoms with Gasteiger partial charge in [-0.2, -0.15) is 8.42 Å². The van der Waals surface area contributed by atoms with Crippen molar-refractivity contribution in [1.82, 2.24) is 5.32 Å². The Balaban J connectivity index is 2.82. The van der Waals surface area contributed by atoms with Gasteiger partial charge in [0.15, 0.2) is 0 Å². The van der Waals surface area contributed by atoms with Crippen LogP contribution in [0.3, 0.4) is 0 Å². The Kier molecular flexibility index (Phi) is 4.45. The van der Waals surface area contributed by atoms with E-state index in [1.54, 1.807) is 0 Å². The fourth-order valence-electron chi connectivity index (χ4n) is 1.14. The van der Waals surface area contributed by atoms with Crippen LogP contribution >= 0.6 is 0 Å². The lowest BCUT2D eigenvalue weighted by Gasteiger charge is -2.05. The zero-order valence-electron chi connectivity index (χ0n) is 9.14. The topological polar surface area (TPSA) is 72.5 Å². The van der Waals surface area contributed by atoms with Crippen molar-refractivity contribution in [2.75, 3.05) is 6.54 Å². The largest absolute Gasteiger partial charge is 0.488 e. The Hall–Kier alpha value is -1.63. The third-order valence-corrected chi connectivity index (χ3v) is 2.22. The third-order valence-electron chi connectivity index (χ3n) is 1.83. The summed E-state index contributed by atoms with van der Waals surface area (Å²) < 4.78 is 36.8. The molecule has 5 nitrogen and oxygen atoms in total. The lowest BCUT2D eigenvalue weighted by molar-refractivity contribution is 0.0953. The first-order valence-electron chi connectivity index (χ1n) is 4.94. The summed E-state index contributed by atoms with van der Waals surface area (Å²) >= 11 is 0. The second-order valence-corrected chi connectivity index (χ2v) is 4.21. The van der Waals surface area contributed by atoms with Crippen molar-refractivity contribution in [1.29, 1.82) is 0 Å². The van der Waals surface area contributed by atoms with Crippen molar-refractivity contribution in [2.45, 2.75) is 13.3 Å². The van der Waals surface area contributed by atoms with E-state index in [9.17, 15) is 17.1 Å². The molecule has 94 valence electrons. The van der Waals surface area contributed by atoms with Gasteiger partial charge in [0, 0.05) is 12.1 Å². The summed E-state index contributed by atoms with van der Waals surface area (Å²) in [7, 11) is -5.07. The van der Waals surface area contributed by atoms with Crippen molar-refractivity contribution in [3.63, 3.8) is 0 Å². The highest BCUT2D eigenvalue weighted by Crippen LogP contribution is 2.15. The van der Waals surface area contributed by atoms with E-state index in [4.69, 9.17) is 0 Å². The van der Waals surface area contributed by atoms with Crippen LogP contribution in [0.1, 0.15) is 23.7 Å². The van der Waals surface area contributed by atoms with Crippen molar-refractivity contribution < 1.29 is 21.3 Å². The summed E-state index contributed by atoms with van der Waals surface area (Å²) in [6.07, 6.45) is 0.779. The highest BCUT2D eigenvalue weighted by molar-refractivity contribution is 7.81. The molecule has 1 amide bonds. The molecule has 0 aliphatic rings. The number of amides is 1. The van der Waals surface area contributed by atoms with Gasteiger partial charge in [-0.3, -0.25) is 4.79 Å². The summed E-state index contributed by atoms with van der Waals surface area (Å²) in [5.41, 5.74) is 0.208. The standard InChI is InChI=1S/C10H12FNO4S/c1-2-6-12-10(13)8-4-3-5-9(7-8)16-17(11,14)15/h3-5,7H,2,6H2,1H3,(H,12,13). The van der Waals surface area contributed by atoms with Gasteiger partial charge in [-0.05, 0) is 24.6 Å². The molecule has 0 radical (unpaired) electrons. The Labute approximate surface area is 99.0 Å². The third kappa shape index (κ3) is 4.81. The van der Waals surface area contributed by atoms with Crippen LogP contribution in [-0.4, -0.2) is 20.9 Å². The molecule has 1 N–H and O–H groups in total. The highest BCUT2D eigenvalue weighted by Gasteiger charge is 2.11. The molecule has 0 bridgehead atoms. The number of nitrogens with one attached hydrogen (secondary N) is 1. The van der Waals surface area contributed by atoms with Crippen molar-refractivity contribution >= 4 is 16.4 Å². The predicted octanol–water partition coefficient (Wildman–Crippen LogP) is 1.42. The molecular formula is C10H12FNO4S. The lowest BCUT2D eigenvalue weighted by Crippen LogP contribution is -2.23. The maximum Gasteiger partial charge on any atom is 0.488 e. The van der Waals surface area contributed by atoms with E-state index < -0.39 is 10.5 Å². The van der Waals surface area contributed by atoms with Crippen LogP contribution in [0.5, 0.6) is 5.75 Å². The van der Waals surface area contributed by atoms with Gasteiger partial charge >= 0.3 is 10.5 Å². The minimum Gasteiger partial charge on any atom is -0.358 e. The molecule has 0 aromatic heterocycles. The molecule has 0 aliphatic carbocycles. The number of hydrogen-bond acceptors (Lipinski definition) is 4. The maximum atomic E-state index is 12.3. The van der Waals surface area contributed by atoms with E-state index in [-0.39, 0.29) is 17.2 Å². The minimum absolute atomic E-state index is 0.208. The molecule has 0 fully saturated rings. The summed E-state index contributed by atoms with van der Waals surface area (Å²) in [5, 5.41) is 2.60. The molecule has 1 aromatic rings. The predicted molar refractivity (Wildman–Crippen MR) is 59.7 cm³/mol. The summed E-state index contributed by atoms with van der Waals surface area (Å²) in [6, 6.07) is 5.28. The SMILES string of the molecule is CCCNC(=O)c1cccc(OS(=O)(=O)F)c1. The number of benzene rings is 1. The fraction of sp³-hybridized carbons (Fsp3) is 0.300. The molecule has 0 atom stereocenters. The van der Waals surface area contributed by atoms with Gasteiger partial charge in [-0.25, -0.2) is 0 Å². The number of halogens is 1. The molecule has 0 saturated heterocycles. The molecule has 0 aliphatic heterocycles. The van der Waals surface area contributed by atoms with E-state index in [0.717, 1.165) is 12.5 Å². The number of hydrogen-bond donors (Lipinski definition) is 1. The van der Waals surface area contributed by atoms with Crippen LogP contribution in [0.15, 0.2) is 24.3 Å². The Morgan fingerprint density at radius 3 is 2.76 bits per heavy atom. The molecule has 17 heavy (non-hydrogen) atoms. The Bertz CT molecular complexity index is 501. The van der Waals surface area contributed by atoms with Gasteiger partial charge in [0.2, 0.25) is 0 Å². The molecule has 0 spiro atoms. The van der Waals surface area contributed by atoms with E-state index >= 15 is 0 Å². The van der Waals surface area contributed by atoms with Gasteiger partial charge in [-0.15, -0.1) is 0 Å². The molecule has 1 aromatic carbocycles. The second-order valence-electron chi connectivity index (χ2n) is 3.26. The smallest absolute Gasteiger partial charge is 0.358 e. The van der Waals surface area contributed by atoms with Crippen LogP contribution in [0.2, 0.25) is 0 Å². The minimum atomic E-state index is -5.07. The fourth-order valence-corrected chi connectivity index (χ4v) is 1.48. The van der Waals surface area contributed by atoms with Crippen LogP contribution in [-0.2, 0) is 10.5 Å². The molecule has 0 heterocycles. The molecule has 1 rings (SSSR count). The van der Waals surface area contributed by atoms with Crippen LogP contribution in [0, 0.1) is 0 Å². The first kappa shape index (κ1) is 13.4. The van der Waals surface area contributed by atoms with Crippen molar-refractivity contribution in [2.24, 2.45) is 0 Å². The number of carbonyl (C=O) groups is 1. The normalized spacial score (nSPS) is 10.9. The van der Waals surface area contributed by atoms with Gasteiger partial charge in [0.05, 0.1) is 0 Å². The summed E-state index contributed by atoms with van der Waals surface area (Å²) in [5.74, 6) is -0.606. The Morgan fingerprint density at radius 1 is 1.47 bits per heavy atom. The second kappa shape index (κ2) is 5.62. The summed E-state index contributed by atoms with van der Waals surface area (Å²) in [4.78, 5) is 11.5. The van der Waals surface area contributed by atoms with Crippen LogP contribution < -0.4 is 9.50 Å². The zero-order chi connectivity index (χ0) is 12.9. The van der Waals surface area contributed by atoms with E-state index in [2.05, 4.69) is 9.50 Å². The maximum absolute atomic E-state index is 12.3. The summed E-state index contributed by atoms with van der Waals surface area (Å²) in [6.45, 7) is 2.40. The van der Waals surface area contributed by atoms with Crippen LogP contribution in [0.25, 0.3) is 0 Å². The molecule has 7 heteroatoms. The monoisotopic (exact) mass is 261 g/mol. The average molecular weight is 261 g/mol. The van der Waals surface area contributed by atoms with Gasteiger partial charge in [-0.1, -0.05) is 16.9 Å². The number of rotatable bonds is 5. The number of carbonyl (C=O) groups excluding carboxylic acids is 1. The van der Waals surface area contributed by atoms with Crippen molar-refractivity contribution in [3.05, 3.63) is 29.8 Å². The quantitative estimate of drug-likeness (QED) is 0.813. The highest BCUT2D eigenvalue weighted by atomic mass is 32.3. The molecule has 0 saturated carbocycles. The van der Waals surface area contributed by atoms with Gasteiger partial charge in [0.25, 0.3) is 5.91 Å². The first-order chi connectivity index (χ1) is 7.92. The van der Waals surface area contributed by atoms with E-state index in [1.165, 1.54) is 18.2 Å². The molecule has 0 unspecified atom stereocenters. The van der Waals surface area contributed by atoms with E-state index in [0.29, 0.717) is 6.54 Å². The zero-order valence-corrected chi connectivity index (χ0v) is 9.96. The lowest BCUT2D eigenvalue weighted by atomic mass is 10.2. The van der Waals surface area contributed by atoms with E-state index in [1.807, 2.05) is 6.92 Å². The first-order valence-corrected chi connectivity index (χ1v) is 6.25. The average Bonchev–Trinajstić information content (AvgIpc) is 2.24. The van der Waals surface area contributed by atoms with Gasteiger partial charge < -0.3 is 9.50 Å². The van der Waals surface area contributed by atoms with Crippen molar-refractivity contribution in [3.8, 4) is 5.75 Å². The molecular weight excluding hydrogens is 249 g/mol. The van der Waals surface area contributed by atoms with Gasteiger partial charge in [0.1, 0.15) is 5.75 Å².